The predicted octanol–water partition coefficient (Wildman–Crippen LogP) is 7.50. The summed E-state index contributed by atoms with van der Waals surface area (Å²) in [6.07, 6.45) is 19.5. The molecule has 3 saturated carbocycles. The van der Waals surface area contributed by atoms with Crippen molar-refractivity contribution < 1.29 is 0 Å². The summed E-state index contributed by atoms with van der Waals surface area (Å²) >= 11 is 0. The van der Waals surface area contributed by atoms with Gasteiger partial charge >= 0.3 is 0 Å². The summed E-state index contributed by atoms with van der Waals surface area (Å²) in [6.45, 7) is 14.0. The highest BCUT2D eigenvalue weighted by Crippen LogP contribution is 2.60. The van der Waals surface area contributed by atoms with E-state index in [-0.39, 0.29) is 0 Å². The predicted molar refractivity (Wildman–Crippen MR) is 124 cm³/mol. The summed E-state index contributed by atoms with van der Waals surface area (Å²) in [5.74, 6) is 1.62. The average Bonchev–Trinajstić information content (AvgIpc) is 3.22. The van der Waals surface area contributed by atoms with Crippen molar-refractivity contribution in [3.8, 4) is 0 Å². The van der Waals surface area contributed by atoms with E-state index in [1.165, 1.54) is 82.6 Å². The van der Waals surface area contributed by atoms with Gasteiger partial charge in [-0.3, -0.25) is 0 Å². The SMILES string of the molecule is C=C(C)[C@@H]1CC[C@@]2(C)CC([C@H]3CC[C@H]4CC5(CCCC5)C[C@@]4(C)N3)=CC(C)=C2C1. The van der Waals surface area contributed by atoms with Gasteiger partial charge in [-0.1, -0.05) is 54.7 Å². The van der Waals surface area contributed by atoms with E-state index in [1.807, 2.05) is 0 Å². The number of allylic oxidation sites excluding steroid dienone is 4. The quantitative estimate of drug-likeness (QED) is 0.479. The molecule has 1 N–H and O–H groups in total. The largest absolute Gasteiger partial charge is 0.305 e. The highest BCUT2D eigenvalue weighted by atomic mass is 15.0. The number of hydrogen-bond acceptors (Lipinski definition) is 1. The lowest BCUT2D eigenvalue weighted by Gasteiger charge is -2.48. The Morgan fingerprint density at radius 3 is 2.59 bits per heavy atom. The van der Waals surface area contributed by atoms with Gasteiger partial charge in [0.2, 0.25) is 0 Å². The van der Waals surface area contributed by atoms with E-state index in [1.54, 1.807) is 16.7 Å². The van der Waals surface area contributed by atoms with E-state index in [0.717, 1.165) is 5.92 Å². The van der Waals surface area contributed by atoms with Crippen LogP contribution in [0, 0.1) is 22.7 Å². The topological polar surface area (TPSA) is 12.0 Å². The molecule has 0 unspecified atom stereocenters. The lowest BCUT2D eigenvalue weighted by molar-refractivity contribution is 0.170. The van der Waals surface area contributed by atoms with Gasteiger partial charge in [0, 0.05) is 11.6 Å². The lowest BCUT2D eigenvalue weighted by atomic mass is 9.60. The second-order valence-corrected chi connectivity index (χ2v) is 12.4. The van der Waals surface area contributed by atoms with E-state index in [9.17, 15) is 0 Å². The third-order valence-corrected chi connectivity index (χ3v) is 10.1. The third kappa shape index (κ3) is 3.31. The standard InChI is InChI=1S/C28H43N/c1-19(2)21-10-13-26(4)16-22(14-20(3)24(26)15-21)25-9-8-23-17-28(11-6-7-12-28)18-27(23,5)29-25/h14,21,23,25,29H,1,6-13,15-18H2,2-5H3/t21-,23+,25-,26+,27-/m1/s1. The molecule has 1 heteroatoms. The molecule has 1 heterocycles. The molecule has 0 aromatic heterocycles. The van der Waals surface area contributed by atoms with Crippen molar-refractivity contribution in [3.63, 3.8) is 0 Å². The van der Waals surface area contributed by atoms with Gasteiger partial charge in [0.25, 0.3) is 0 Å². The number of rotatable bonds is 2. The number of piperidine rings is 1. The summed E-state index contributed by atoms with van der Waals surface area (Å²) in [4.78, 5) is 0. The van der Waals surface area contributed by atoms with Crippen molar-refractivity contribution in [3.05, 3.63) is 34.9 Å². The van der Waals surface area contributed by atoms with Crippen LogP contribution in [0.2, 0.25) is 0 Å². The zero-order valence-electron chi connectivity index (χ0n) is 19.5. The Labute approximate surface area is 179 Å². The molecular formula is C28H43N. The molecule has 0 bridgehead atoms. The fourth-order valence-corrected chi connectivity index (χ4v) is 8.54. The number of fused-ring (bicyclic) bond motifs is 2. The van der Waals surface area contributed by atoms with Crippen molar-refractivity contribution in [2.24, 2.45) is 22.7 Å². The van der Waals surface area contributed by atoms with Crippen LogP contribution in [0.4, 0.5) is 0 Å². The zero-order chi connectivity index (χ0) is 20.4. The van der Waals surface area contributed by atoms with E-state index in [0.29, 0.717) is 28.3 Å². The minimum absolute atomic E-state index is 0.379. The first-order valence-corrected chi connectivity index (χ1v) is 12.6. The van der Waals surface area contributed by atoms with Crippen LogP contribution in [0.1, 0.15) is 105 Å². The van der Waals surface area contributed by atoms with Gasteiger partial charge in [0.05, 0.1) is 0 Å². The molecule has 1 aliphatic heterocycles. The van der Waals surface area contributed by atoms with Gasteiger partial charge < -0.3 is 5.32 Å². The summed E-state index contributed by atoms with van der Waals surface area (Å²) in [6, 6.07) is 0.611. The second-order valence-electron chi connectivity index (χ2n) is 12.4. The van der Waals surface area contributed by atoms with Gasteiger partial charge in [-0.15, -0.1) is 0 Å². The maximum absolute atomic E-state index is 4.27. The van der Waals surface area contributed by atoms with Crippen LogP contribution in [0.25, 0.3) is 0 Å². The minimum atomic E-state index is 0.379. The van der Waals surface area contributed by atoms with Crippen LogP contribution in [0.5, 0.6) is 0 Å². The third-order valence-electron chi connectivity index (χ3n) is 10.1. The molecule has 5 rings (SSSR count). The second kappa shape index (κ2) is 6.84. The Morgan fingerprint density at radius 1 is 1.10 bits per heavy atom. The Morgan fingerprint density at radius 2 is 1.86 bits per heavy atom. The van der Waals surface area contributed by atoms with Gasteiger partial charge in [-0.25, -0.2) is 0 Å². The van der Waals surface area contributed by atoms with Crippen LogP contribution < -0.4 is 5.32 Å². The smallest absolute Gasteiger partial charge is 0.0288 e. The van der Waals surface area contributed by atoms with E-state index in [4.69, 9.17) is 0 Å². The molecule has 0 aromatic rings. The average molecular weight is 394 g/mol. The fraction of sp³-hybridized carbons (Fsp3) is 0.786. The normalized spacial score (nSPS) is 43.9. The van der Waals surface area contributed by atoms with Crippen molar-refractivity contribution in [2.45, 2.75) is 116 Å². The van der Waals surface area contributed by atoms with Crippen LogP contribution in [0.3, 0.4) is 0 Å². The molecule has 5 aliphatic rings. The van der Waals surface area contributed by atoms with Gasteiger partial charge in [0.1, 0.15) is 0 Å². The van der Waals surface area contributed by atoms with Gasteiger partial charge in [-0.05, 0) is 108 Å². The number of hydrogen-bond donors (Lipinski definition) is 1. The molecule has 0 radical (unpaired) electrons. The van der Waals surface area contributed by atoms with Crippen LogP contribution in [-0.4, -0.2) is 11.6 Å². The van der Waals surface area contributed by atoms with E-state index >= 15 is 0 Å². The van der Waals surface area contributed by atoms with Crippen LogP contribution >= 0.6 is 0 Å². The summed E-state index contributed by atoms with van der Waals surface area (Å²) < 4.78 is 0. The highest BCUT2D eigenvalue weighted by molar-refractivity contribution is 5.41. The molecule has 1 nitrogen and oxygen atoms in total. The molecule has 1 saturated heterocycles. The summed E-state index contributed by atoms with van der Waals surface area (Å²) in [7, 11) is 0. The van der Waals surface area contributed by atoms with Crippen LogP contribution in [-0.2, 0) is 0 Å². The Bertz CT molecular complexity index is 763. The van der Waals surface area contributed by atoms with Gasteiger partial charge in [0.15, 0.2) is 0 Å². The minimum Gasteiger partial charge on any atom is -0.305 e. The zero-order valence-corrected chi connectivity index (χ0v) is 19.5. The van der Waals surface area contributed by atoms with Crippen molar-refractivity contribution in [1.29, 1.82) is 0 Å². The molecule has 29 heavy (non-hydrogen) atoms. The molecule has 1 spiro atoms. The Balaban J connectivity index is 1.37. The van der Waals surface area contributed by atoms with Crippen molar-refractivity contribution >= 4 is 0 Å². The first-order chi connectivity index (χ1) is 13.7. The maximum atomic E-state index is 4.27. The Hall–Kier alpha value is -0.820. The first kappa shape index (κ1) is 20.1. The molecule has 0 aromatic carbocycles. The molecule has 160 valence electrons. The summed E-state index contributed by atoms with van der Waals surface area (Å²) in [5, 5.41) is 4.27. The Kier molecular flexibility index (Phi) is 4.74. The van der Waals surface area contributed by atoms with Crippen LogP contribution in [0.15, 0.2) is 34.9 Å². The monoisotopic (exact) mass is 393 g/mol. The molecule has 5 atom stereocenters. The molecular weight excluding hydrogens is 350 g/mol. The lowest BCUT2D eigenvalue weighted by Crippen LogP contribution is -2.55. The van der Waals surface area contributed by atoms with E-state index in [2.05, 4.69) is 45.7 Å². The maximum Gasteiger partial charge on any atom is 0.0288 e. The fourth-order valence-electron chi connectivity index (χ4n) is 8.54. The molecule has 4 aliphatic carbocycles. The highest BCUT2D eigenvalue weighted by Gasteiger charge is 2.55. The van der Waals surface area contributed by atoms with Crippen molar-refractivity contribution in [1.82, 2.24) is 5.32 Å². The summed E-state index contributed by atoms with van der Waals surface area (Å²) in [5.41, 5.74) is 7.88. The molecule has 4 fully saturated rings. The number of nitrogens with one attached hydrogen (secondary N) is 1. The van der Waals surface area contributed by atoms with Gasteiger partial charge in [-0.2, -0.15) is 0 Å². The first-order valence-electron chi connectivity index (χ1n) is 12.6. The van der Waals surface area contributed by atoms with Crippen molar-refractivity contribution in [2.75, 3.05) is 0 Å². The molecule has 0 amide bonds. The van der Waals surface area contributed by atoms with E-state index < -0.39 is 0 Å².